The lowest BCUT2D eigenvalue weighted by Crippen LogP contribution is -2.48. The fourth-order valence-electron chi connectivity index (χ4n) is 2.09. The van der Waals surface area contributed by atoms with Gasteiger partial charge in [-0.2, -0.15) is 0 Å². The minimum Gasteiger partial charge on any atom is -0.358 e. The van der Waals surface area contributed by atoms with Crippen LogP contribution in [0.5, 0.6) is 0 Å². The van der Waals surface area contributed by atoms with Crippen LogP contribution in [0, 0.1) is 11.3 Å². The molecule has 16 heavy (non-hydrogen) atoms. The predicted molar refractivity (Wildman–Crippen MR) is 61.8 cm³/mol. The van der Waals surface area contributed by atoms with E-state index in [2.05, 4.69) is 16.0 Å². The topological polar surface area (TPSA) is 70.2 Å². The molecular formula is C11H21N3O2. The highest BCUT2D eigenvalue weighted by Crippen LogP contribution is 2.34. The lowest BCUT2D eigenvalue weighted by Gasteiger charge is -2.30. The van der Waals surface area contributed by atoms with Crippen LogP contribution in [0.2, 0.25) is 0 Å². The molecular weight excluding hydrogens is 206 g/mol. The van der Waals surface area contributed by atoms with Crippen LogP contribution >= 0.6 is 0 Å². The minimum atomic E-state index is -0.353. The normalized spacial score (nSPS) is 24.5. The van der Waals surface area contributed by atoms with E-state index < -0.39 is 0 Å². The van der Waals surface area contributed by atoms with E-state index in [0.717, 1.165) is 13.0 Å². The summed E-state index contributed by atoms with van der Waals surface area (Å²) in [4.78, 5) is 23.2. The van der Waals surface area contributed by atoms with Crippen molar-refractivity contribution in [3.8, 4) is 0 Å². The Balaban J connectivity index is 2.59. The molecule has 5 heteroatoms. The standard InChI is InChI=1S/C11H21N3O2/c1-8(2)11(4-5-13-7-11)10(16)14-6-9(15)12-3/h8,13H,4-7H2,1-3H3,(H,12,15)(H,14,16). The maximum Gasteiger partial charge on any atom is 0.239 e. The zero-order valence-corrected chi connectivity index (χ0v) is 10.2. The van der Waals surface area contributed by atoms with E-state index in [4.69, 9.17) is 0 Å². The Hall–Kier alpha value is -1.10. The summed E-state index contributed by atoms with van der Waals surface area (Å²) in [5.74, 6) is 0.0847. The van der Waals surface area contributed by atoms with E-state index in [1.165, 1.54) is 0 Å². The van der Waals surface area contributed by atoms with Gasteiger partial charge < -0.3 is 16.0 Å². The van der Waals surface area contributed by atoms with Crippen molar-refractivity contribution in [1.29, 1.82) is 0 Å². The second kappa shape index (κ2) is 5.30. The smallest absolute Gasteiger partial charge is 0.239 e. The van der Waals surface area contributed by atoms with E-state index in [-0.39, 0.29) is 29.7 Å². The number of amides is 2. The zero-order chi connectivity index (χ0) is 12.2. The highest BCUT2D eigenvalue weighted by atomic mass is 16.2. The maximum absolute atomic E-state index is 12.1. The average Bonchev–Trinajstić information content (AvgIpc) is 2.75. The molecule has 1 rings (SSSR count). The first-order valence-electron chi connectivity index (χ1n) is 5.72. The summed E-state index contributed by atoms with van der Waals surface area (Å²) in [7, 11) is 1.56. The molecule has 1 aliphatic rings. The lowest BCUT2D eigenvalue weighted by molar-refractivity contribution is -0.134. The molecule has 0 aromatic rings. The van der Waals surface area contributed by atoms with Gasteiger partial charge in [-0.05, 0) is 18.9 Å². The van der Waals surface area contributed by atoms with Crippen molar-refractivity contribution < 1.29 is 9.59 Å². The van der Waals surface area contributed by atoms with Gasteiger partial charge in [-0.15, -0.1) is 0 Å². The Morgan fingerprint density at radius 1 is 1.44 bits per heavy atom. The Labute approximate surface area is 96.4 Å². The molecule has 1 atom stereocenters. The van der Waals surface area contributed by atoms with Gasteiger partial charge in [0.05, 0.1) is 12.0 Å². The summed E-state index contributed by atoms with van der Waals surface area (Å²) in [6.07, 6.45) is 0.838. The van der Waals surface area contributed by atoms with Crippen molar-refractivity contribution >= 4 is 11.8 Å². The van der Waals surface area contributed by atoms with Crippen LogP contribution in [-0.2, 0) is 9.59 Å². The van der Waals surface area contributed by atoms with Crippen molar-refractivity contribution in [3.05, 3.63) is 0 Å². The average molecular weight is 227 g/mol. The SMILES string of the molecule is CNC(=O)CNC(=O)C1(C(C)C)CCNC1. The monoisotopic (exact) mass is 227 g/mol. The highest BCUT2D eigenvalue weighted by molar-refractivity contribution is 5.88. The summed E-state index contributed by atoms with van der Waals surface area (Å²) in [5.41, 5.74) is -0.353. The van der Waals surface area contributed by atoms with Crippen LogP contribution in [0.25, 0.3) is 0 Å². The fourth-order valence-corrected chi connectivity index (χ4v) is 2.09. The Morgan fingerprint density at radius 2 is 2.12 bits per heavy atom. The van der Waals surface area contributed by atoms with Gasteiger partial charge in [0, 0.05) is 13.6 Å². The number of likely N-dealkylation sites (N-methyl/N-ethyl adjacent to an activating group) is 1. The second-order valence-corrected chi connectivity index (χ2v) is 4.59. The summed E-state index contributed by atoms with van der Waals surface area (Å²) < 4.78 is 0. The van der Waals surface area contributed by atoms with Gasteiger partial charge in [-0.3, -0.25) is 9.59 Å². The van der Waals surface area contributed by atoms with Crippen molar-refractivity contribution in [2.75, 3.05) is 26.7 Å². The van der Waals surface area contributed by atoms with Gasteiger partial charge in [-0.25, -0.2) is 0 Å². The minimum absolute atomic E-state index is 0.0175. The van der Waals surface area contributed by atoms with E-state index in [1.807, 2.05) is 13.8 Å². The molecule has 3 N–H and O–H groups in total. The number of carbonyl (C=O) groups excluding carboxylic acids is 2. The molecule has 1 fully saturated rings. The van der Waals surface area contributed by atoms with Crippen molar-refractivity contribution in [3.63, 3.8) is 0 Å². The molecule has 92 valence electrons. The molecule has 0 saturated carbocycles. The third-order valence-electron chi connectivity index (χ3n) is 3.43. The van der Waals surface area contributed by atoms with E-state index >= 15 is 0 Å². The zero-order valence-electron chi connectivity index (χ0n) is 10.2. The van der Waals surface area contributed by atoms with Crippen molar-refractivity contribution in [2.24, 2.45) is 11.3 Å². The molecule has 1 heterocycles. The van der Waals surface area contributed by atoms with Gasteiger partial charge in [-0.1, -0.05) is 13.8 Å². The summed E-state index contributed by atoms with van der Waals surface area (Å²) in [6, 6.07) is 0. The molecule has 0 aromatic carbocycles. The van der Waals surface area contributed by atoms with Gasteiger partial charge in [0.2, 0.25) is 11.8 Å². The Bertz CT molecular complexity index is 270. The van der Waals surface area contributed by atoms with Crippen LogP contribution in [0.3, 0.4) is 0 Å². The van der Waals surface area contributed by atoms with Gasteiger partial charge in [0.25, 0.3) is 0 Å². The first-order valence-corrected chi connectivity index (χ1v) is 5.72. The van der Waals surface area contributed by atoms with E-state index in [1.54, 1.807) is 7.05 Å². The van der Waals surface area contributed by atoms with Gasteiger partial charge >= 0.3 is 0 Å². The third kappa shape index (κ3) is 2.52. The molecule has 1 aliphatic heterocycles. The van der Waals surface area contributed by atoms with Crippen molar-refractivity contribution in [1.82, 2.24) is 16.0 Å². The van der Waals surface area contributed by atoms with Gasteiger partial charge in [0.1, 0.15) is 0 Å². The molecule has 0 aromatic heterocycles. The largest absolute Gasteiger partial charge is 0.358 e. The number of hydrogen-bond donors (Lipinski definition) is 3. The molecule has 5 nitrogen and oxygen atoms in total. The van der Waals surface area contributed by atoms with Crippen LogP contribution in [0.15, 0.2) is 0 Å². The molecule has 0 radical (unpaired) electrons. The van der Waals surface area contributed by atoms with Crippen molar-refractivity contribution in [2.45, 2.75) is 20.3 Å². The fraction of sp³-hybridized carbons (Fsp3) is 0.818. The molecule has 2 amide bonds. The summed E-state index contributed by atoms with van der Waals surface area (Å²) >= 11 is 0. The number of hydrogen-bond acceptors (Lipinski definition) is 3. The number of carbonyl (C=O) groups is 2. The van der Waals surface area contributed by atoms with Crippen LogP contribution in [-0.4, -0.2) is 38.5 Å². The summed E-state index contributed by atoms with van der Waals surface area (Å²) in [5, 5.41) is 8.41. The molecule has 1 saturated heterocycles. The lowest BCUT2D eigenvalue weighted by atomic mass is 9.75. The molecule has 1 unspecified atom stereocenters. The first kappa shape index (κ1) is 13.0. The first-order chi connectivity index (χ1) is 7.53. The molecule has 0 bridgehead atoms. The quantitative estimate of drug-likeness (QED) is 0.605. The van der Waals surface area contributed by atoms with Crippen LogP contribution in [0.1, 0.15) is 20.3 Å². The van der Waals surface area contributed by atoms with E-state index in [0.29, 0.717) is 6.54 Å². The second-order valence-electron chi connectivity index (χ2n) is 4.59. The molecule has 0 aliphatic carbocycles. The number of nitrogens with one attached hydrogen (secondary N) is 3. The summed E-state index contributed by atoms with van der Waals surface area (Å²) in [6.45, 7) is 5.72. The Morgan fingerprint density at radius 3 is 2.56 bits per heavy atom. The van der Waals surface area contributed by atoms with Crippen LogP contribution in [0.4, 0.5) is 0 Å². The highest BCUT2D eigenvalue weighted by Gasteiger charge is 2.43. The maximum atomic E-state index is 12.1. The third-order valence-corrected chi connectivity index (χ3v) is 3.43. The molecule has 0 spiro atoms. The number of rotatable bonds is 4. The Kier molecular flexibility index (Phi) is 4.29. The van der Waals surface area contributed by atoms with E-state index in [9.17, 15) is 9.59 Å². The van der Waals surface area contributed by atoms with Crippen LogP contribution < -0.4 is 16.0 Å². The predicted octanol–water partition coefficient (Wildman–Crippen LogP) is -0.516. The van der Waals surface area contributed by atoms with Gasteiger partial charge in [0.15, 0.2) is 0 Å².